The fourth-order valence-corrected chi connectivity index (χ4v) is 2.49. The smallest absolute Gasteiger partial charge is 0.215 e. The third kappa shape index (κ3) is 2.16. The predicted octanol–water partition coefficient (Wildman–Crippen LogP) is 0.911. The van der Waals surface area contributed by atoms with Crippen LogP contribution < -0.4 is 0 Å². The third-order valence-corrected chi connectivity index (χ3v) is 3.62. The summed E-state index contributed by atoms with van der Waals surface area (Å²) < 4.78 is 3.62. The lowest BCUT2D eigenvalue weighted by Gasteiger charge is -2.01. The van der Waals surface area contributed by atoms with Crippen molar-refractivity contribution in [2.75, 3.05) is 0 Å². The van der Waals surface area contributed by atoms with Crippen LogP contribution in [0.25, 0.3) is 11.2 Å². The maximum absolute atomic E-state index is 4.39. The van der Waals surface area contributed by atoms with Gasteiger partial charge in [0.1, 0.15) is 16.9 Å². The van der Waals surface area contributed by atoms with E-state index in [4.69, 9.17) is 0 Å². The van der Waals surface area contributed by atoms with Gasteiger partial charge in [0.2, 0.25) is 5.16 Å². The number of hydrogen-bond donors (Lipinski definition) is 0. The molecule has 0 bridgehead atoms. The molecule has 8 nitrogen and oxygen atoms in total. The number of nitrogens with zero attached hydrogens (tertiary/aromatic N) is 8. The van der Waals surface area contributed by atoms with Gasteiger partial charge in [-0.3, -0.25) is 0 Å². The van der Waals surface area contributed by atoms with Crippen molar-refractivity contribution in [3.8, 4) is 0 Å². The van der Waals surface area contributed by atoms with Crippen LogP contribution in [0.3, 0.4) is 0 Å². The summed E-state index contributed by atoms with van der Waals surface area (Å²) in [5.41, 5.74) is 1.62. The van der Waals surface area contributed by atoms with Crippen molar-refractivity contribution in [2.24, 2.45) is 7.05 Å². The van der Waals surface area contributed by atoms with Gasteiger partial charge < -0.3 is 4.57 Å². The summed E-state index contributed by atoms with van der Waals surface area (Å²) in [6.07, 6.45) is 4.37. The van der Waals surface area contributed by atoms with E-state index >= 15 is 0 Å². The van der Waals surface area contributed by atoms with Gasteiger partial charge in [0.05, 0.1) is 6.33 Å². The summed E-state index contributed by atoms with van der Waals surface area (Å²) in [6.45, 7) is 3.01. The Labute approximate surface area is 113 Å². The first-order valence-electron chi connectivity index (χ1n) is 5.85. The van der Waals surface area contributed by atoms with E-state index in [1.807, 2.05) is 4.57 Å². The Morgan fingerprint density at radius 2 is 2.16 bits per heavy atom. The number of fused-ring (bicyclic) bond motifs is 1. The molecule has 0 atom stereocenters. The van der Waals surface area contributed by atoms with Gasteiger partial charge in [-0.25, -0.2) is 19.6 Å². The van der Waals surface area contributed by atoms with Crippen molar-refractivity contribution in [3.05, 3.63) is 12.7 Å². The van der Waals surface area contributed by atoms with Gasteiger partial charge in [-0.1, -0.05) is 6.92 Å². The van der Waals surface area contributed by atoms with Crippen LogP contribution in [0.5, 0.6) is 0 Å². The van der Waals surface area contributed by atoms with E-state index < -0.39 is 0 Å². The fourth-order valence-electron chi connectivity index (χ4n) is 1.73. The second-order valence-corrected chi connectivity index (χ2v) is 4.93. The lowest BCUT2D eigenvalue weighted by molar-refractivity contribution is 0.664. The Balaban J connectivity index is 2.02. The number of aryl methyl sites for hydroxylation is 2. The van der Waals surface area contributed by atoms with Crippen LogP contribution in [0.15, 0.2) is 22.8 Å². The van der Waals surface area contributed by atoms with Crippen molar-refractivity contribution in [3.63, 3.8) is 0 Å². The van der Waals surface area contributed by atoms with E-state index in [1.165, 1.54) is 11.8 Å². The largest absolute Gasteiger partial charge is 0.315 e. The van der Waals surface area contributed by atoms with Crippen LogP contribution in [-0.4, -0.2) is 39.7 Å². The zero-order valence-corrected chi connectivity index (χ0v) is 11.4. The normalized spacial score (nSPS) is 11.3. The van der Waals surface area contributed by atoms with Gasteiger partial charge in [0, 0.05) is 13.6 Å². The van der Waals surface area contributed by atoms with E-state index in [9.17, 15) is 0 Å². The molecule has 0 aliphatic rings. The van der Waals surface area contributed by atoms with Crippen LogP contribution in [-0.2, 0) is 13.6 Å². The minimum atomic E-state index is 0.671. The van der Waals surface area contributed by atoms with Gasteiger partial charge >= 0.3 is 0 Å². The van der Waals surface area contributed by atoms with Crippen molar-refractivity contribution < 1.29 is 0 Å². The van der Waals surface area contributed by atoms with Gasteiger partial charge in [0.15, 0.2) is 5.65 Å². The first kappa shape index (κ1) is 12.0. The molecule has 0 amide bonds. The Bertz CT molecular complexity index is 702. The number of aromatic nitrogens is 8. The molecule has 3 heterocycles. The second kappa shape index (κ2) is 4.92. The Morgan fingerprint density at radius 1 is 1.26 bits per heavy atom. The average molecular weight is 276 g/mol. The SMILES string of the molecule is CCCn1cnc2c(Sc3nnnn3C)ncnc21. The molecule has 0 aromatic carbocycles. The number of tetrazole rings is 1. The highest BCUT2D eigenvalue weighted by molar-refractivity contribution is 7.99. The van der Waals surface area contributed by atoms with Crippen LogP contribution in [0.2, 0.25) is 0 Å². The summed E-state index contributed by atoms with van der Waals surface area (Å²) >= 11 is 1.38. The highest BCUT2D eigenvalue weighted by Gasteiger charge is 2.13. The molecule has 0 N–H and O–H groups in total. The van der Waals surface area contributed by atoms with Crippen molar-refractivity contribution in [1.82, 2.24) is 39.7 Å². The molecule has 19 heavy (non-hydrogen) atoms. The van der Waals surface area contributed by atoms with E-state index in [0.29, 0.717) is 5.16 Å². The maximum Gasteiger partial charge on any atom is 0.215 e. The fraction of sp³-hybridized carbons (Fsp3) is 0.400. The molecule has 0 radical (unpaired) electrons. The van der Waals surface area contributed by atoms with Crippen LogP contribution in [0, 0.1) is 0 Å². The molecule has 0 unspecified atom stereocenters. The van der Waals surface area contributed by atoms with E-state index in [-0.39, 0.29) is 0 Å². The molecule has 98 valence electrons. The van der Waals surface area contributed by atoms with Crippen LogP contribution in [0.1, 0.15) is 13.3 Å². The molecule has 3 aromatic rings. The number of rotatable bonds is 4. The van der Waals surface area contributed by atoms with Crippen molar-refractivity contribution in [2.45, 2.75) is 30.1 Å². The predicted molar refractivity (Wildman–Crippen MR) is 68.5 cm³/mol. The van der Waals surface area contributed by atoms with Gasteiger partial charge in [-0.15, -0.1) is 5.10 Å². The van der Waals surface area contributed by atoms with Crippen molar-refractivity contribution in [1.29, 1.82) is 0 Å². The molecule has 0 saturated carbocycles. The average Bonchev–Trinajstić information content (AvgIpc) is 2.99. The van der Waals surface area contributed by atoms with Crippen molar-refractivity contribution >= 4 is 22.9 Å². The molecule has 0 aliphatic heterocycles. The van der Waals surface area contributed by atoms with Crippen LogP contribution in [0.4, 0.5) is 0 Å². The standard InChI is InChI=1S/C10H12N8S/c1-3-4-18-6-13-7-8(18)11-5-12-9(7)19-10-14-15-16-17(10)2/h5-6H,3-4H2,1-2H3. The topological polar surface area (TPSA) is 87.2 Å². The second-order valence-electron chi connectivity index (χ2n) is 3.98. The summed E-state index contributed by atoms with van der Waals surface area (Å²) in [6, 6.07) is 0. The maximum atomic E-state index is 4.39. The molecule has 0 fully saturated rings. The molecule has 3 aromatic heterocycles. The lowest BCUT2D eigenvalue weighted by atomic mass is 10.4. The first-order valence-corrected chi connectivity index (χ1v) is 6.67. The quantitative estimate of drug-likeness (QED) is 0.654. The zero-order valence-electron chi connectivity index (χ0n) is 10.6. The van der Waals surface area contributed by atoms with E-state index in [1.54, 1.807) is 24.4 Å². The Morgan fingerprint density at radius 3 is 2.89 bits per heavy atom. The highest BCUT2D eigenvalue weighted by atomic mass is 32.2. The van der Waals surface area contributed by atoms with Crippen LogP contribution >= 0.6 is 11.8 Å². The number of imidazole rings is 1. The summed E-state index contributed by atoms with van der Waals surface area (Å²) in [7, 11) is 1.79. The monoisotopic (exact) mass is 276 g/mol. The molecule has 0 spiro atoms. The van der Waals surface area contributed by atoms with Gasteiger partial charge in [0.25, 0.3) is 0 Å². The summed E-state index contributed by atoms with van der Waals surface area (Å²) in [4.78, 5) is 12.9. The molecule has 0 aliphatic carbocycles. The van der Waals surface area contributed by atoms with E-state index in [2.05, 4.69) is 37.4 Å². The molecule has 9 heteroatoms. The minimum absolute atomic E-state index is 0.671. The number of hydrogen-bond acceptors (Lipinski definition) is 7. The highest BCUT2D eigenvalue weighted by Crippen LogP contribution is 2.27. The molecular weight excluding hydrogens is 264 g/mol. The van der Waals surface area contributed by atoms with Gasteiger partial charge in [-0.2, -0.15) is 0 Å². The first-order chi connectivity index (χ1) is 9.29. The summed E-state index contributed by atoms with van der Waals surface area (Å²) in [5, 5.41) is 12.8. The Hall–Kier alpha value is -2.03. The zero-order chi connectivity index (χ0) is 13.2. The minimum Gasteiger partial charge on any atom is -0.315 e. The summed E-state index contributed by atoms with van der Waals surface area (Å²) in [5.74, 6) is 0. The van der Waals surface area contributed by atoms with Gasteiger partial charge in [-0.05, 0) is 28.6 Å². The molecule has 3 rings (SSSR count). The third-order valence-electron chi connectivity index (χ3n) is 2.60. The lowest BCUT2D eigenvalue weighted by Crippen LogP contribution is -1.97. The molecule has 0 saturated heterocycles. The molecular formula is C10H12N8S. The van der Waals surface area contributed by atoms with E-state index in [0.717, 1.165) is 29.2 Å². The Kier molecular flexibility index (Phi) is 3.11.